The average Bonchev–Trinajstić information content (AvgIpc) is 3.03. The van der Waals surface area contributed by atoms with Crippen LogP contribution in [0.5, 0.6) is 0 Å². The van der Waals surface area contributed by atoms with E-state index in [2.05, 4.69) is 254 Å². The Bertz CT molecular complexity index is 3790. The van der Waals surface area contributed by atoms with Crippen LogP contribution in [0.3, 0.4) is 0 Å². The first-order valence-electron chi connectivity index (χ1n) is 29.8. The van der Waals surface area contributed by atoms with Gasteiger partial charge >= 0.3 is 6.85 Å². The number of benzene rings is 8. The summed E-state index contributed by atoms with van der Waals surface area (Å²) in [4.78, 5) is 7.76. The summed E-state index contributed by atoms with van der Waals surface area (Å²) in [5, 5.41) is 1.18. The first-order valence-corrected chi connectivity index (χ1v) is 29.8. The monoisotopic (exact) mass is 1040 g/mol. The molecule has 5 heteroatoms. The van der Waals surface area contributed by atoms with E-state index in [1.807, 2.05) is 0 Å². The fraction of sp³-hybridized carbons (Fsp3) is 0.324. The molecule has 8 aromatic carbocycles. The van der Waals surface area contributed by atoms with Crippen molar-refractivity contribution in [2.45, 2.75) is 155 Å². The molecule has 9 aromatic rings. The molecule has 0 unspecified atom stereocenters. The van der Waals surface area contributed by atoms with Crippen molar-refractivity contribution in [1.29, 1.82) is 0 Å². The zero-order valence-electron chi connectivity index (χ0n) is 48.6. The van der Waals surface area contributed by atoms with Crippen molar-refractivity contribution in [1.82, 2.24) is 0 Å². The number of unbranched alkanes of at least 4 members (excludes halogenated alkanes) is 2. The van der Waals surface area contributed by atoms with Crippen LogP contribution in [0.4, 0.5) is 45.5 Å². The molecule has 0 fully saturated rings. The van der Waals surface area contributed by atoms with E-state index in [4.69, 9.17) is 4.42 Å². The molecule has 79 heavy (non-hydrogen) atoms. The van der Waals surface area contributed by atoms with Crippen LogP contribution < -0.4 is 25.7 Å². The first-order chi connectivity index (χ1) is 38.1. The highest BCUT2D eigenvalue weighted by atomic mass is 16.3. The third kappa shape index (κ3) is 8.56. The summed E-state index contributed by atoms with van der Waals surface area (Å²) in [6, 6.07) is 65.5. The van der Waals surface area contributed by atoms with Crippen LogP contribution in [0, 0.1) is 0 Å². The predicted molar refractivity (Wildman–Crippen MR) is 338 cm³/mol. The minimum atomic E-state index is -0.296. The number of anilines is 8. The topological polar surface area (TPSA) is 22.9 Å². The second-order valence-electron chi connectivity index (χ2n) is 26.3. The van der Waals surface area contributed by atoms with Crippen LogP contribution in [-0.4, -0.2) is 6.85 Å². The minimum Gasteiger partial charge on any atom is -0.466 e. The molecule has 0 atom stereocenters. The van der Waals surface area contributed by atoms with Gasteiger partial charge in [-0.1, -0.05) is 173 Å². The Labute approximate surface area is 471 Å². The van der Waals surface area contributed by atoms with Crippen molar-refractivity contribution >= 4 is 74.4 Å². The number of hydrogen-bond donors (Lipinski definition) is 0. The van der Waals surface area contributed by atoms with E-state index in [0.717, 1.165) is 85.4 Å². The summed E-state index contributed by atoms with van der Waals surface area (Å²) in [5.41, 5.74) is 26.0. The second kappa shape index (κ2) is 19.2. The molecule has 4 aliphatic rings. The molecule has 0 bridgehead atoms. The van der Waals surface area contributed by atoms with Gasteiger partial charge in [0, 0.05) is 50.6 Å². The van der Waals surface area contributed by atoms with Crippen molar-refractivity contribution < 1.29 is 4.42 Å². The van der Waals surface area contributed by atoms with Crippen LogP contribution in [0.2, 0.25) is 0 Å². The normalized spacial score (nSPS) is 16.9. The lowest BCUT2D eigenvalue weighted by atomic mass is 9.46. The summed E-state index contributed by atoms with van der Waals surface area (Å²) in [5.74, 6) is 0. The highest BCUT2D eigenvalue weighted by Crippen LogP contribution is 2.55. The molecule has 398 valence electrons. The molecule has 2 aliphatic carbocycles. The molecular weight excluding hydrogens is 958 g/mol. The van der Waals surface area contributed by atoms with Crippen molar-refractivity contribution in [3.05, 3.63) is 203 Å². The summed E-state index contributed by atoms with van der Waals surface area (Å²) in [6.07, 6.45) is 11.4. The van der Waals surface area contributed by atoms with E-state index in [9.17, 15) is 0 Å². The van der Waals surface area contributed by atoms with Crippen molar-refractivity contribution in [2.24, 2.45) is 0 Å². The zero-order chi connectivity index (χ0) is 54.6. The highest BCUT2D eigenvalue weighted by Gasteiger charge is 2.50. The van der Waals surface area contributed by atoms with Crippen LogP contribution in [-0.2, 0) is 34.5 Å². The first kappa shape index (κ1) is 51.2. The zero-order valence-corrected chi connectivity index (χ0v) is 48.6. The van der Waals surface area contributed by atoms with Gasteiger partial charge in [0.25, 0.3) is 0 Å². The summed E-state index contributed by atoms with van der Waals surface area (Å²) in [6.45, 7) is 23.9. The smallest absolute Gasteiger partial charge is 0.375 e. The molecule has 4 nitrogen and oxygen atoms in total. The van der Waals surface area contributed by atoms with Gasteiger partial charge in [0.15, 0.2) is 0 Å². The number of fused-ring (bicyclic) bond motifs is 8. The van der Waals surface area contributed by atoms with Gasteiger partial charge in [0.1, 0.15) is 11.2 Å². The molecule has 2 aliphatic heterocycles. The summed E-state index contributed by atoms with van der Waals surface area (Å²) in [7, 11) is 0. The predicted octanol–water partition coefficient (Wildman–Crippen LogP) is 19.7. The fourth-order valence-corrected chi connectivity index (χ4v) is 14.2. The fourth-order valence-electron chi connectivity index (χ4n) is 14.2. The number of furan rings is 1. The Morgan fingerprint density at radius 2 is 1.06 bits per heavy atom. The van der Waals surface area contributed by atoms with Gasteiger partial charge in [0.2, 0.25) is 0 Å². The molecule has 0 radical (unpaired) electrons. The number of nitrogens with zero attached hydrogens (tertiary/aromatic N) is 3. The SMILES string of the molecule is CCCCc1ccc(N(c2ccccc2)c2ccc3c(c2)N(c2ccc4c(c2)C(C)(C)CCC4(C)C)B2c4oc5cc6c(cc5c4N(c4ccc(CCCC)cc4-c4ccccc4)c4cccc-3c42)C(C)(C)CCC6(C)C)cc1. The highest BCUT2D eigenvalue weighted by molar-refractivity contribution is 6.93. The molecule has 0 amide bonds. The van der Waals surface area contributed by atoms with E-state index in [0.29, 0.717) is 0 Å². The van der Waals surface area contributed by atoms with Crippen LogP contribution >= 0.6 is 0 Å². The number of para-hydroxylation sites is 1. The third-order valence-corrected chi connectivity index (χ3v) is 19.1. The van der Waals surface area contributed by atoms with Crippen LogP contribution in [0.25, 0.3) is 33.2 Å². The second-order valence-corrected chi connectivity index (χ2v) is 26.3. The Hall–Kier alpha value is -7.24. The standard InChI is InChI=1S/C74H78BN3O/c1-11-13-22-49-30-33-53(34-31-49)76(52-26-19-16-20-27-52)54-35-37-56-57-28-21-29-65-68(57)75(78(66(56)46-54)55-36-38-60-61(45-55)72(5,6)41-40-71(60,3)4)70-69(59-47-62-63(48-67(59)79-70)74(9,10)43-42-73(62,7)8)77(65)64-39-32-50(23-14-12-2)44-58(64)51-24-17-15-18-25-51/h15-21,24-39,44-48H,11-14,22-23,40-43H2,1-10H3. The minimum absolute atomic E-state index is 0.000274. The molecule has 13 rings (SSSR count). The van der Waals surface area contributed by atoms with Crippen LogP contribution in [0.15, 0.2) is 174 Å². The Balaban J connectivity index is 1.12. The maximum absolute atomic E-state index is 7.86. The van der Waals surface area contributed by atoms with Crippen molar-refractivity contribution in [3.8, 4) is 22.3 Å². The molecule has 3 heterocycles. The maximum atomic E-state index is 7.86. The quantitative estimate of drug-likeness (QED) is 0.114. The van der Waals surface area contributed by atoms with Gasteiger partial charge in [-0.25, -0.2) is 0 Å². The van der Waals surface area contributed by atoms with Gasteiger partial charge in [-0.3, -0.25) is 0 Å². The van der Waals surface area contributed by atoms with Gasteiger partial charge in [0.05, 0.1) is 11.4 Å². The summed E-state index contributed by atoms with van der Waals surface area (Å²) < 4.78 is 7.86. The lowest BCUT2D eigenvalue weighted by molar-refractivity contribution is 0.332. The molecular formula is C74H78BN3O. The molecule has 0 N–H and O–H groups in total. The molecule has 0 spiro atoms. The van der Waals surface area contributed by atoms with Gasteiger partial charge in [-0.2, -0.15) is 0 Å². The van der Waals surface area contributed by atoms with Crippen LogP contribution in [0.1, 0.15) is 154 Å². The Kier molecular flexibility index (Phi) is 12.5. The largest absolute Gasteiger partial charge is 0.466 e. The Morgan fingerprint density at radius 3 is 1.75 bits per heavy atom. The van der Waals surface area contributed by atoms with Gasteiger partial charge in [-0.05, 0) is 202 Å². The number of rotatable bonds is 12. The van der Waals surface area contributed by atoms with Crippen molar-refractivity contribution in [2.75, 3.05) is 14.6 Å². The molecule has 1 aromatic heterocycles. The lowest BCUT2D eigenvalue weighted by Gasteiger charge is -2.46. The van der Waals surface area contributed by atoms with Gasteiger partial charge in [-0.15, -0.1) is 0 Å². The van der Waals surface area contributed by atoms with E-state index in [1.54, 1.807) is 0 Å². The van der Waals surface area contributed by atoms with E-state index in [-0.39, 0.29) is 28.5 Å². The average molecular weight is 1040 g/mol. The third-order valence-electron chi connectivity index (χ3n) is 19.1. The Morgan fingerprint density at radius 1 is 0.468 bits per heavy atom. The summed E-state index contributed by atoms with van der Waals surface area (Å²) >= 11 is 0. The molecule has 0 saturated heterocycles. The molecule has 0 saturated carbocycles. The maximum Gasteiger partial charge on any atom is 0.375 e. The van der Waals surface area contributed by atoms with E-state index < -0.39 is 0 Å². The number of hydrogen-bond acceptors (Lipinski definition) is 4. The van der Waals surface area contributed by atoms with Gasteiger partial charge < -0.3 is 19.0 Å². The lowest BCUT2D eigenvalue weighted by Crippen LogP contribution is -2.61. The van der Waals surface area contributed by atoms with E-state index in [1.165, 1.54) is 102 Å². The number of aryl methyl sites for hydroxylation is 2. The van der Waals surface area contributed by atoms with Crippen molar-refractivity contribution in [3.63, 3.8) is 0 Å². The van der Waals surface area contributed by atoms with E-state index >= 15 is 0 Å².